The Bertz CT molecular complexity index is 438. The summed E-state index contributed by atoms with van der Waals surface area (Å²) in [5.41, 5.74) is 9.98. The van der Waals surface area contributed by atoms with Gasteiger partial charge in [0.15, 0.2) is 0 Å². The summed E-state index contributed by atoms with van der Waals surface area (Å²) < 4.78 is 1.85. The molecule has 0 saturated carbocycles. The molecule has 2 N–H and O–H groups in total. The van der Waals surface area contributed by atoms with Crippen molar-refractivity contribution in [2.45, 2.75) is 6.92 Å². The summed E-state index contributed by atoms with van der Waals surface area (Å²) in [7, 11) is 1.93. The largest absolute Gasteiger partial charge is 0.398 e. The standard InChI is InChI=1S/C11H13N3/c1-8-7-13-14(2)11(8)9-5-3-4-6-10(9)12/h3-7H,12H2,1-2H3. The molecule has 0 unspecified atom stereocenters. The van der Waals surface area contributed by atoms with Gasteiger partial charge in [-0.2, -0.15) is 5.10 Å². The summed E-state index contributed by atoms with van der Waals surface area (Å²) in [6.45, 7) is 2.04. The first-order valence-corrected chi connectivity index (χ1v) is 4.53. The summed E-state index contributed by atoms with van der Waals surface area (Å²) in [6, 6.07) is 7.84. The van der Waals surface area contributed by atoms with E-state index in [0.717, 1.165) is 22.5 Å². The number of nitrogens with zero attached hydrogens (tertiary/aromatic N) is 2. The van der Waals surface area contributed by atoms with E-state index in [-0.39, 0.29) is 0 Å². The third-order valence-corrected chi connectivity index (χ3v) is 2.34. The lowest BCUT2D eigenvalue weighted by Gasteiger charge is -2.06. The fourth-order valence-electron chi connectivity index (χ4n) is 1.65. The first-order valence-electron chi connectivity index (χ1n) is 4.53. The van der Waals surface area contributed by atoms with Crippen LogP contribution in [0, 0.1) is 6.92 Å². The highest BCUT2D eigenvalue weighted by Gasteiger charge is 2.09. The van der Waals surface area contributed by atoms with E-state index < -0.39 is 0 Å². The van der Waals surface area contributed by atoms with Crippen LogP contribution in [0.4, 0.5) is 5.69 Å². The SMILES string of the molecule is Cc1cnn(C)c1-c1ccccc1N. The molecule has 0 spiro atoms. The normalized spacial score (nSPS) is 10.4. The van der Waals surface area contributed by atoms with Crippen molar-refractivity contribution >= 4 is 5.69 Å². The van der Waals surface area contributed by atoms with Crippen molar-refractivity contribution in [1.82, 2.24) is 9.78 Å². The van der Waals surface area contributed by atoms with Crippen LogP contribution in [0.5, 0.6) is 0 Å². The maximum absolute atomic E-state index is 5.91. The van der Waals surface area contributed by atoms with Gasteiger partial charge in [0.25, 0.3) is 0 Å². The van der Waals surface area contributed by atoms with Gasteiger partial charge in [-0.1, -0.05) is 18.2 Å². The Morgan fingerprint density at radius 1 is 1.29 bits per heavy atom. The number of anilines is 1. The van der Waals surface area contributed by atoms with Crippen LogP contribution in [-0.4, -0.2) is 9.78 Å². The van der Waals surface area contributed by atoms with Crippen LogP contribution in [0.25, 0.3) is 11.3 Å². The molecule has 14 heavy (non-hydrogen) atoms. The van der Waals surface area contributed by atoms with Crippen molar-refractivity contribution in [3.63, 3.8) is 0 Å². The summed E-state index contributed by atoms with van der Waals surface area (Å²) in [6.07, 6.45) is 1.85. The highest BCUT2D eigenvalue weighted by atomic mass is 15.3. The van der Waals surface area contributed by atoms with Crippen LogP contribution in [0.2, 0.25) is 0 Å². The minimum absolute atomic E-state index is 0.791. The Balaban J connectivity index is 2.66. The number of nitrogens with two attached hydrogens (primary N) is 1. The molecule has 0 saturated heterocycles. The molecule has 72 valence electrons. The average molecular weight is 187 g/mol. The molecule has 3 heteroatoms. The Morgan fingerprint density at radius 2 is 2.00 bits per heavy atom. The number of para-hydroxylation sites is 1. The van der Waals surface area contributed by atoms with Crippen LogP contribution in [0.3, 0.4) is 0 Å². The van der Waals surface area contributed by atoms with Gasteiger partial charge in [0.1, 0.15) is 0 Å². The third-order valence-electron chi connectivity index (χ3n) is 2.34. The molecule has 1 heterocycles. The van der Waals surface area contributed by atoms with Gasteiger partial charge in [-0.05, 0) is 18.6 Å². The second-order valence-electron chi connectivity index (χ2n) is 3.39. The predicted molar refractivity (Wildman–Crippen MR) is 57.8 cm³/mol. The molecule has 0 aliphatic heterocycles. The molecule has 0 radical (unpaired) electrons. The maximum atomic E-state index is 5.91. The monoisotopic (exact) mass is 187 g/mol. The van der Waals surface area contributed by atoms with Gasteiger partial charge in [0.2, 0.25) is 0 Å². The maximum Gasteiger partial charge on any atom is 0.0728 e. The van der Waals surface area contributed by atoms with Gasteiger partial charge in [0, 0.05) is 18.3 Å². The van der Waals surface area contributed by atoms with Gasteiger partial charge >= 0.3 is 0 Å². The van der Waals surface area contributed by atoms with E-state index in [2.05, 4.69) is 5.10 Å². The molecule has 2 rings (SSSR count). The Kier molecular flexibility index (Phi) is 2.00. The van der Waals surface area contributed by atoms with Crippen molar-refractivity contribution in [3.05, 3.63) is 36.0 Å². The van der Waals surface area contributed by atoms with Gasteiger partial charge in [0.05, 0.1) is 11.9 Å². The van der Waals surface area contributed by atoms with E-state index in [1.54, 1.807) is 0 Å². The van der Waals surface area contributed by atoms with Crippen LogP contribution in [0.15, 0.2) is 30.5 Å². The fraction of sp³-hybridized carbons (Fsp3) is 0.182. The zero-order valence-corrected chi connectivity index (χ0v) is 8.36. The highest BCUT2D eigenvalue weighted by molar-refractivity contribution is 5.75. The molecule has 0 aliphatic rings. The zero-order valence-electron chi connectivity index (χ0n) is 8.36. The van der Waals surface area contributed by atoms with Crippen molar-refractivity contribution in [2.75, 3.05) is 5.73 Å². The first kappa shape index (κ1) is 8.81. The topological polar surface area (TPSA) is 43.8 Å². The molecule has 0 fully saturated rings. The van der Waals surface area contributed by atoms with Crippen molar-refractivity contribution in [1.29, 1.82) is 0 Å². The Morgan fingerprint density at radius 3 is 2.57 bits per heavy atom. The number of nitrogen functional groups attached to an aromatic ring is 1. The lowest BCUT2D eigenvalue weighted by molar-refractivity contribution is 0.776. The number of aromatic nitrogens is 2. The van der Waals surface area contributed by atoms with Crippen LogP contribution in [-0.2, 0) is 7.05 Å². The number of benzene rings is 1. The van der Waals surface area contributed by atoms with Gasteiger partial charge < -0.3 is 5.73 Å². The number of hydrogen-bond donors (Lipinski definition) is 1. The zero-order chi connectivity index (χ0) is 10.1. The summed E-state index contributed by atoms with van der Waals surface area (Å²) in [5.74, 6) is 0. The summed E-state index contributed by atoms with van der Waals surface area (Å²) >= 11 is 0. The van der Waals surface area contributed by atoms with E-state index in [1.807, 2.05) is 49.1 Å². The summed E-state index contributed by atoms with van der Waals surface area (Å²) in [4.78, 5) is 0. The molecule has 3 nitrogen and oxygen atoms in total. The summed E-state index contributed by atoms with van der Waals surface area (Å²) in [5, 5.41) is 4.19. The number of hydrogen-bond acceptors (Lipinski definition) is 2. The second-order valence-corrected chi connectivity index (χ2v) is 3.39. The predicted octanol–water partition coefficient (Wildman–Crippen LogP) is 1.98. The number of rotatable bonds is 1. The number of aryl methyl sites for hydroxylation is 2. The van der Waals surface area contributed by atoms with E-state index in [1.165, 1.54) is 0 Å². The fourth-order valence-corrected chi connectivity index (χ4v) is 1.65. The first-order chi connectivity index (χ1) is 6.70. The van der Waals surface area contributed by atoms with Crippen LogP contribution >= 0.6 is 0 Å². The quantitative estimate of drug-likeness (QED) is 0.694. The highest BCUT2D eigenvalue weighted by Crippen LogP contribution is 2.27. The molecule has 0 atom stereocenters. The van der Waals surface area contributed by atoms with E-state index in [9.17, 15) is 0 Å². The smallest absolute Gasteiger partial charge is 0.0728 e. The van der Waals surface area contributed by atoms with Crippen molar-refractivity contribution in [3.8, 4) is 11.3 Å². The second kappa shape index (κ2) is 3.18. The third kappa shape index (κ3) is 1.27. The van der Waals surface area contributed by atoms with Crippen LogP contribution < -0.4 is 5.73 Å². The molecule has 0 amide bonds. The molecule has 0 bridgehead atoms. The van der Waals surface area contributed by atoms with Crippen molar-refractivity contribution in [2.24, 2.45) is 7.05 Å². The van der Waals surface area contributed by atoms with E-state index >= 15 is 0 Å². The van der Waals surface area contributed by atoms with Gasteiger partial charge in [-0.15, -0.1) is 0 Å². The minimum atomic E-state index is 0.791. The average Bonchev–Trinajstić information content (AvgIpc) is 2.48. The molecule has 0 aliphatic carbocycles. The van der Waals surface area contributed by atoms with Crippen molar-refractivity contribution < 1.29 is 0 Å². The molecular weight excluding hydrogens is 174 g/mol. The van der Waals surface area contributed by atoms with Gasteiger partial charge in [-0.3, -0.25) is 4.68 Å². The van der Waals surface area contributed by atoms with E-state index in [4.69, 9.17) is 5.73 Å². The minimum Gasteiger partial charge on any atom is -0.398 e. The van der Waals surface area contributed by atoms with Crippen LogP contribution in [0.1, 0.15) is 5.56 Å². The molecule has 1 aromatic carbocycles. The van der Waals surface area contributed by atoms with Gasteiger partial charge in [-0.25, -0.2) is 0 Å². The molecular formula is C11H13N3. The Labute approximate surface area is 83.2 Å². The lowest BCUT2D eigenvalue weighted by atomic mass is 10.1. The Hall–Kier alpha value is -1.77. The lowest BCUT2D eigenvalue weighted by Crippen LogP contribution is -1.97. The molecule has 2 aromatic rings. The molecule has 1 aromatic heterocycles. The van der Waals surface area contributed by atoms with E-state index in [0.29, 0.717) is 0 Å².